The zero-order valence-electron chi connectivity index (χ0n) is 10.8. The van der Waals surface area contributed by atoms with Crippen molar-refractivity contribution in [2.24, 2.45) is 0 Å². The molecule has 100 valence electrons. The van der Waals surface area contributed by atoms with Crippen LogP contribution < -0.4 is 16.0 Å². The van der Waals surface area contributed by atoms with Gasteiger partial charge in [0, 0.05) is 13.7 Å². The first-order chi connectivity index (χ1) is 8.11. The molecule has 3 N–H and O–H groups in total. The second-order valence-electron chi connectivity index (χ2n) is 3.75. The second-order valence-corrected chi connectivity index (χ2v) is 3.75. The van der Waals surface area contributed by atoms with Crippen LogP contribution in [0.15, 0.2) is 0 Å². The van der Waals surface area contributed by atoms with Gasteiger partial charge in [0.2, 0.25) is 11.8 Å². The van der Waals surface area contributed by atoms with Crippen molar-refractivity contribution in [3.63, 3.8) is 0 Å². The largest absolute Gasteiger partial charge is 0.383 e. The number of amides is 2. The molecule has 0 saturated carbocycles. The lowest BCUT2D eigenvalue weighted by Gasteiger charge is -2.14. The Kier molecular flexibility index (Phi) is 9.37. The van der Waals surface area contributed by atoms with E-state index in [0.29, 0.717) is 13.2 Å². The molecular weight excluding hydrogens is 222 g/mol. The van der Waals surface area contributed by atoms with E-state index in [2.05, 4.69) is 16.0 Å². The van der Waals surface area contributed by atoms with Gasteiger partial charge >= 0.3 is 0 Å². The van der Waals surface area contributed by atoms with E-state index in [9.17, 15) is 9.59 Å². The summed E-state index contributed by atoms with van der Waals surface area (Å²) >= 11 is 0. The Hall–Kier alpha value is -1.14. The van der Waals surface area contributed by atoms with Crippen LogP contribution in [0.3, 0.4) is 0 Å². The smallest absolute Gasteiger partial charge is 0.242 e. The molecule has 2 amide bonds. The van der Waals surface area contributed by atoms with Gasteiger partial charge in [0.15, 0.2) is 0 Å². The number of ether oxygens (including phenoxy) is 1. The summed E-state index contributed by atoms with van der Waals surface area (Å²) in [7, 11) is 1.57. The van der Waals surface area contributed by atoms with Gasteiger partial charge in [0.25, 0.3) is 0 Å². The Bertz CT molecular complexity index is 234. The second kappa shape index (κ2) is 10.0. The van der Waals surface area contributed by atoms with Crippen molar-refractivity contribution in [2.45, 2.75) is 26.3 Å². The van der Waals surface area contributed by atoms with Crippen LogP contribution in [0.25, 0.3) is 0 Å². The summed E-state index contributed by atoms with van der Waals surface area (Å²) in [4.78, 5) is 22.9. The lowest BCUT2D eigenvalue weighted by molar-refractivity contribution is -0.128. The van der Waals surface area contributed by atoms with E-state index in [4.69, 9.17) is 4.74 Å². The lowest BCUT2D eigenvalue weighted by atomic mass is 10.3. The minimum atomic E-state index is -0.525. The SMILES string of the molecule is CCCNCC(=O)NC(C)C(=O)NCCOC. The minimum Gasteiger partial charge on any atom is -0.383 e. The maximum Gasteiger partial charge on any atom is 0.242 e. The quantitative estimate of drug-likeness (QED) is 0.467. The maximum atomic E-state index is 11.5. The topological polar surface area (TPSA) is 79.5 Å². The zero-order valence-corrected chi connectivity index (χ0v) is 10.8. The highest BCUT2D eigenvalue weighted by atomic mass is 16.5. The van der Waals surface area contributed by atoms with Crippen LogP contribution in [0, 0.1) is 0 Å². The van der Waals surface area contributed by atoms with Crippen LogP contribution >= 0.6 is 0 Å². The highest BCUT2D eigenvalue weighted by Gasteiger charge is 2.14. The number of rotatable bonds is 9. The molecule has 0 heterocycles. The van der Waals surface area contributed by atoms with E-state index in [1.165, 1.54) is 0 Å². The highest BCUT2D eigenvalue weighted by Crippen LogP contribution is 1.82. The predicted molar refractivity (Wildman–Crippen MR) is 65.7 cm³/mol. The number of carbonyl (C=O) groups is 2. The highest BCUT2D eigenvalue weighted by molar-refractivity contribution is 5.87. The number of hydrogen-bond acceptors (Lipinski definition) is 4. The number of methoxy groups -OCH3 is 1. The minimum absolute atomic E-state index is 0.173. The predicted octanol–water partition coefficient (Wildman–Crippen LogP) is -0.747. The van der Waals surface area contributed by atoms with Gasteiger partial charge in [-0.2, -0.15) is 0 Å². The van der Waals surface area contributed by atoms with Crippen LogP contribution in [-0.2, 0) is 14.3 Å². The Morgan fingerprint density at radius 3 is 2.59 bits per heavy atom. The first kappa shape index (κ1) is 15.9. The van der Waals surface area contributed by atoms with E-state index in [0.717, 1.165) is 13.0 Å². The fourth-order valence-electron chi connectivity index (χ4n) is 1.17. The van der Waals surface area contributed by atoms with E-state index in [-0.39, 0.29) is 18.4 Å². The maximum absolute atomic E-state index is 11.5. The molecule has 0 aliphatic carbocycles. The monoisotopic (exact) mass is 245 g/mol. The van der Waals surface area contributed by atoms with Crippen molar-refractivity contribution >= 4 is 11.8 Å². The van der Waals surface area contributed by atoms with Gasteiger partial charge < -0.3 is 20.7 Å². The Labute approximate surface area is 102 Å². The zero-order chi connectivity index (χ0) is 13.1. The van der Waals surface area contributed by atoms with Crippen LogP contribution in [0.1, 0.15) is 20.3 Å². The normalized spacial score (nSPS) is 11.9. The van der Waals surface area contributed by atoms with Crippen molar-refractivity contribution in [3.8, 4) is 0 Å². The van der Waals surface area contributed by atoms with Crippen molar-refractivity contribution < 1.29 is 14.3 Å². The van der Waals surface area contributed by atoms with Gasteiger partial charge in [-0.1, -0.05) is 6.92 Å². The Balaban J connectivity index is 3.71. The first-order valence-electron chi connectivity index (χ1n) is 5.88. The molecule has 0 aromatic rings. The van der Waals surface area contributed by atoms with Gasteiger partial charge in [-0.3, -0.25) is 9.59 Å². The van der Waals surface area contributed by atoms with Crippen molar-refractivity contribution in [1.29, 1.82) is 0 Å². The fraction of sp³-hybridized carbons (Fsp3) is 0.818. The molecule has 6 heteroatoms. The average Bonchev–Trinajstić information content (AvgIpc) is 2.29. The third-order valence-electron chi connectivity index (χ3n) is 2.09. The Morgan fingerprint density at radius 1 is 1.29 bits per heavy atom. The lowest BCUT2D eigenvalue weighted by Crippen LogP contribution is -2.47. The van der Waals surface area contributed by atoms with Crippen LogP contribution in [0.2, 0.25) is 0 Å². The van der Waals surface area contributed by atoms with Gasteiger partial charge in [-0.25, -0.2) is 0 Å². The number of hydrogen-bond donors (Lipinski definition) is 3. The van der Waals surface area contributed by atoms with Crippen molar-refractivity contribution in [1.82, 2.24) is 16.0 Å². The van der Waals surface area contributed by atoms with Gasteiger partial charge in [0.05, 0.1) is 13.2 Å². The summed E-state index contributed by atoms with van der Waals surface area (Å²) in [6.07, 6.45) is 0.973. The molecule has 1 unspecified atom stereocenters. The molecule has 0 rings (SSSR count). The fourth-order valence-corrected chi connectivity index (χ4v) is 1.17. The molecule has 0 bridgehead atoms. The molecule has 1 atom stereocenters. The molecule has 0 saturated heterocycles. The summed E-state index contributed by atoms with van der Waals surface area (Å²) in [5.41, 5.74) is 0. The summed E-state index contributed by atoms with van der Waals surface area (Å²) in [5, 5.41) is 8.24. The Morgan fingerprint density at radius 2 is 2.00 bits per heavy atom. The van der Waals surface area contributed by atoms with Gasteiger partial charge in [-0.05, 0) is 19.9 Å². The summed E-state index contributed by atoms with van der Waals surface area (Å²) in [6, 6.07) is -0.525. The van der Waals surface area contributed by atoms with Crippen LogP contribution in [0.5, 0.6) is 0 Å². The van der Waals surface area contributed by atoms with E-state index in [1.54, 1.807) is 14.0 Å². The van der Waals surface area contributed by atoms with Crippen molar-refractivity contribution in [2.75, 3.05) is 33.4 Å². The third kappa shape index (κ3) is 8.65. The molecule has 0 spiro atoms. The molecule has 0 radical (unpaired) electrons. The molecule has 17 heavy (non-hydrogen) atoms. The number of nitrogens with one attached hydrogen (secondary N) is 3. The molecule has 0 aromatic carbocycles. The van der Waals surface area contributed by atoms with Crippen LogP contribution in [-0.4, -0.2) is 51.2 Å². The summed E-state index contributed by atoms with van der Waals surface area (Å²) < 4.78 is 4.81. The molecule has 0 aliphatic rings. The summed E-state index contributed by atoms with van der Waals surface area (Å²) in [6.45, 7) is 5.62. The number of carbonyl (C=O) groups excluding carboxylic acids is 2. The van der Waals surface area contributed by atoms with Gasteiger partial charge in [-0.15, -0.1) is 0 Å². The van der Waals surface area contributed by atoms with E-state index in [1.807, 2.05) is 6.92 Å². The third-order valence-corrected chi connectivity index (χ3v) is 2.09. The van der Waals surface area contributed by atoms with Gasteiger partial charge in [0.1, 0.15) is 6.04 Å². The van der Waals surface area contributed by atoms with Crippen molar-refractivity contribution in [3.05, 3.63) is 0 Å². The molecule has 0 fully saturated rings. The average molecular weight is 245 g/mol. The standard InChI is InChI=1S/C11H23N3O3/c1-4-5-12-8-10(15)14-9(2)11(16)13-6-7-17-3/h9,12H,4-8H2,1-3H3,(H,13,16)(H,14,15). The van der Waals surface area contributed by atoms with E-state index >= 15 is 0 Å². The molecule has 0 aromatic heterocycles. The molecular formula is C11H23N3O3. The first-order valence-corrected chi connectivity index (χ1v) is 5.88. The van der Waals surface area contributed by atoms with E-state index < -0.39 is 6.04 Å². The van der Waals surface area contributed by atoms with Crippen LogP contribution in [0.4, 0.5) is 0 Å². The summed E-state index contributed by atoms with van der Waals surface area (Å²) in [5.74, 6) is -0.376. The molecule has 6 nitrogen and oxygen atoms in total. The molecule has 0 aliphatic heterocycles.